The molecule has 1 N–H and O–H groups in total. The number of aliphatic hydroxyl groups excluding tert-OH is 1. The minimum absolute atomic E-state index is 0.0708. The summed E-state index contributed by atoms with van der Waals surface area (Å²) in [6.07, 6.45) is 0. The van der Waals surface area contributed by atoms with Gasteiger partial charge in [0.25, 0.3) is 11.6 Å². The Labute approximate surface area is 111 Å². The second-order valence-electron chi connectivity index (χ2n) is 4.57. The van der Waals surface area contributed by atoms with E-state index in [1.54, 1.807) is 19.1 Å². The van der Waals surface area contributed by atoms with Crippen LogP contribution in [0.15, 0.2) is 18.2 Å². The molecule has 0 heterocycles. The van der Waals surface area contributed by atoms with Gasteiger partial charge < -0.3 is 10.0 Å². The fraction of sp³-hybridized carbons (Fsp3) is 0.462. The minimum Gasteiger partial charge on any atom is -0.395 e. The van der Waals surface area contributed by atoms with Crippen molar-refractivity contribution < 1.29 is 14.8 Å². The first kappa shape index (κ1) is 15.1. The van der Waals surface area contributed by atoms with Crippen molar-refractivity contribution in [3.05, 3.63) is 39.4 Å². The lowest BCUT2D eigenvalue weighted by atomic mass is 10.1. The summed E-state index contributed by atoms with van der Waals surface area (Å²) in [6, 6.07) is 4.32. The highest BCUT2D eigenvalue weighted by molar-refractivity contribution is 5.95. The number of rotatable bonds is 5. The summed E-state index contributed by atoms with van der Waals surface area (Å²) in [5.41, 5.74) is 0.706. The summed E-state index contributed by atoms with van der Waals surface area (Å²) in [7, 11) is 0. The van der Waals surface area contributed by atoms with Crippen LogP contribution in [0.1, 0.15) is 29.8 Å². The molecular formula is C13H18N2O4. The zero-order valence-electron chi connectivity index (χ0n) is 11.3. The van der Waals surface area contributed by atoms with E-state index in [1.807, 2.05) is 13.8 Å². The molecule has 0 aliphatic heterocycles. The summed E-state index contributed by atoms with van der Waals surface area (Å²) in [5, 5.41) is 19.8. The van der Waals surface area contributed by atoms with E-state index in [4.69, 9.17) is 5.11 Å². The van der Waals surface area contributed by atoms with E-state index < -0.39 is 4.92 Å². The van der Waals surface area contributed by atoms with Crippen LogP contribution in [0.4, 0.5) is 5.69 Å². The zero-order chi connectivity index (χ0) is 14.6. The molecule has 0 aliphatic rings. The third-order valence-corrected chi connectivity index (χ3v) is 2.88. The van der Waals surface area contributed by atoms with Crippen molar-refractivity contribution in [1.82, 2.24) is 4.90 Å². The van der Waals surface area contributed by atoms with Crippen molar-refractivity contribution in [3.63, 3.8) is 0 Å². The molecule has 6 heteroatoms. The van der Waals surface area contributed by atoms with Gasteiger partial charge in [-0.15, -0.1) is 0 Å². The maximum Gasteiger partial charge on any atom is 0.273 e. The molecule has 1 amide bonds. The summed E-state index contributed by atoms with van der Waals surface area (Å²) in [6.45, 7) is 5.35. The normalized spacial score (nSPS) is 10.6. The van der Waals surface area contributed by atoms with Gasteiger partial charge in [-0.05, 0) is 26.8 Å². The van der Waals surface area contributed by atoms with Gasteiger partial charge in [0.15, 0.2) is 0 Å². The van der Waals surface area contributed by atoms with Crippen LogP contribution in [-0.4, -0.2) is 40.0 Å². The third kappa shape index (κ3) is 3.51. The number of nitro benzene ring substituents is 1. The molecule has 0 bridgehead atoms. The Morgan fingerprint density at radius 2 is 2.11 bits per heavy atom. The number of carbonyl (C=O) groups excluding carboxylic acids is 1. The van der Waals surface area contributed by atoms with E-state index >= 15 is 0 Å². The molecule has 1 aromatic carbocycles. The highest BCUT2D eigenvalue weighted by Crippen LogP contribution is 2.20. The molecule has 1 rings (SSSR count). The highest BCUT2D eigenvalue weighted by Gasteiger charge is 2.21. The SMILES string of the molecule is Cc1ccc(C(=O)N(CCO)C(C)C)cc1[N+](=O)[O-]. The van der Waals surface area contributed by atoms with E-state index in [0.717, 1.165) is 0 Å². The summed E-state index contributed by atoms with van der Waals surface area (Å²) < 4.78 is 0. The van der Waals surface area contributed by atoms with Crippen LogP contribution in [0.3, 0.4) is 0 Å². The van der Waals surface area contributed by atoms with E-state index in [9.17, 15) is 14.9 Å². The number of aryl methyl sites for hydroxylation is 1. The summed E-state index contributed by atoms with van der Waals surface area (Å²) in [5.74, 6) is -0.313. The van der Waals surface area contributed by atoms with Gasteiger partial charge in [0.2, 0.25) is 0 Å². The zero-order valence-corrected chi connectivity index (χ0v) is 11.3. The minimum atomic E-state index is -0.502. The Kier molecular flexibility index (Phi) is 5.00. The second-order valence-corrected chi connectivity index (χ2v) is 4.57. The Balaban J connectivity index is 3.11. The van der Waals surface area contributed by atoms with Crippen molar-refractivity contribution in [2.45, 2.75) is 26.8 Å². The largest absolute Gasteiger partial charge is 0.395 e. The van der Waals surface area contributed by atoms with Crippen molar-refractivity contribution in [2.75, 3.05) is 13.2 Å². The van der Waals surface area contributed by atoms with Crippen LogP contribution in [0.5, 0.6) is 0 Å². The molecule has 0 saturated carbocycles. The van der Waals surface area contributed by atoms with E-state index in [0.29, 0.717) is 5.56 Å². The number of benzene rings is 1. The molecule has 0 radical (unpaired) electrons. The lowest BCUT2D eigenvalue weighted by molar-refractivity contribution is -0.385. The average molecular weight is 266 g/mol. The molecule has 0 unspecified atom stereocenters. The highest BCUT2D eigenvalue weighted by atomic mass is 16.6. The molecule has 19 heavy (non-hydrogen) atoms. The van der Waals surface area contributed by atoms with E-state index in [2.05, 4.69) is 0 Å². The lowest BCUT2D eigenvalue weighted by Gasteiger charge is -2.26. The quantitative estimate of drug-likeness (QED) is 0.650. The summed E-state index contributed by atoms with van der Waals surface area (Å²) >= 11 is 0. The fourth-order valence-electron chi connectivity index (χ4n) is 1.81. The first-order valence-corrected chi connectivity index (χ1v) is 6.05. The van der Waals surface area contributed by atoms with Gasteiger partial charge in [0.1, 0.15) is 0 Å². The molecule has 0 fully saturated rings. The van der Waals surface area contributed by atoms with Crippen LogP contribution in [0.2, 0.25) is 0 Å². The molecule has 104 valence electrons. The summed E-state index contributed by atoms with van der Waals surface area (Å²) in [4.78, 5) is 24.1. The molecular weight excluding hydrogens is 248 g/mol. The van der Waals surface area contributed by atoms with Crippen LogP contribution in [-0.2, 0) is 0 Å². The Hall–Kier alpha value is -1.95. The molecule has 0 atom stereocenters. The van der Waals surface area contributed by atoms with E-state index in [1.165, 1.54) is 11.0 Å². The Bertz CT molecular complexity index is 486. The topological polar surface area (TPSA) is 83.7 Å². The number of aliphatic hydroxyl groups is 1. The van der Waals surface area contributed by atoms with Gasteiger partial charge >= 0.3 is 0 Å². The van der Waals surface area contributed by atoms with Crippen LogP contribution >= 0.6 is 0 Å². The number of nitrogens with zero attached hydrogens (tertiary/aromatic N) is 2. The van der Waals surface area contributed by atoms with Gasteiger partial charge in [-0.1, -0.05) is 6.07 Å². The predicted octanol–water partition coefficient (Wildman–Crippen LogP) is 1.75. The van der Waals surface area contributed by atoms with Gasteiger partial charge in [0.05, 0.1) is 11.5 Å². The van der Waals surface area contributed by atoms with Crippen LogP contribution in [0, 0.1) is 17.0 Å². The monoisotopic (exact) mass is 266 g/mol. The first-order valence-electron chi connectivity index (χ1n) is 6.05. The first-order chi connectivity index (χ1) is 8.88. The van der Waals surface area contributed by atoms with Crippen molar-refractivity contribution >= 4 is 11.6 Å². The molecule has 0 aliphatic carbocycles. The van der Waals surface area contributed by atoms with Crippen LogP contribution in [0.25, 0.3) is 0 Å². The number of hydrogen-bond donors (Lipinski definition) is 1. The number of nitro groups is 1. The number of carbonyl (C=O) groups is 1. The maximum absolute atomic E-state index is 12.3. The van der Waals surface area contributed by atoms with Gasteiger partial charge in [-0.2, -0.15) is 0 Å². The molecule has 0 aromatic heterocycles. The Morgan fingerprint density at radius 3 is 2.58 bits per heavy atom. The maximum atomic E-state index is 12.3. The van der Waals surface area contributed by atoms with Crippen LogP contribution < -0.4 is 0 Å². The third-order valence-electron chi connectivity index (χ3n) is 2.88. The van der Waals surface area contributed by atoms with E-state index in [-0.39, 0.29) is 36.4 Å². The van der Waals surface area contributed by atoms with Gasteiger partial charge in [-0.3, -0.25) is 14.9 Å². The average Bonchev–Trinajstić information content (AvgIpc) is 2.35. The molecule has 0 saturated heterocycles. The predicted molar refractivity (Wildman–Crippen MR) is 71.1 cm³/mol. The van der Waals surface area contributed by atoms with Crippen molar-refractivity contribution in [3.8, 4) is 0 Å². The molecule has 1 aromatic rings. The van der Waals surface area contributed by atoms with Crippen molar-refractivity contribution in [2.24, 2.45) is 0 Å². The fourth-order valence-corrected chi connectivity index (χ4v) is 1.81. The van der Waals surface area contributed by atoms with Gasteiger partial charge in [0, 0.05) is 29.8 Å². The standard InChI is InChI=1S/C13H18N2O4/c1-9(2)14(6-7-16)13(17)11-5-4-10(3)12(8-11)15(18)19/h4-5,8-9,16H,6-7H2,1-3H3. The molecule has 6 nitrogen and oxygen atoms in total. The number of amides is 1. The lowest BCUT2D eigenvalue weighted by Crippen LogP contribution is -2.39. The molecule has 0 spiro atoms. The number of hydrogen-bond acceptors (Lipinski definition) is 4. The second kappa shape index (κ2) is 6.29. The Morgan fingerprint density at radius 1 is 1.47 bits per heavy atom. The van der Waals surface area contributed by atoms with Gasteiger partial charge in [-0.25, -0.2) is 0 Å². The smallest absolute Gasteiger partial charge is 0.273 e. The van der Waals surface area contributed by atoms with Crippen molar-refractivity contribution in [1.29, 1.82) is 0 Å².